The van der Waals surface area contributed by atoms with Crippen molar-refractivity contribution in [2.45, 2.75) is 51.0 Å². The standard InChI is InChI=1S/C15H24N2O2S/c1-4-11-17(12(2)3)20(18,19)15-9-5-8-14-13(15)7-6-10-16-14/h5,8-9,12,16H,4,6-7,10-11H2,1-3H3. The second kappa shape index (κ2) is 6.14. The molecule has 0 radical (unpaired) electrons. The van der Waals surface area contributed by atoms with E-state index in [2.05, 4.69) is 5.32 Å². The molecule has 20 heavy (non-hydrogen) atoms. The van der Waals surface area contributed by atoms with E-state index in [1.54, 1.807) is 10.4 Å². The maximum absolute atomic E-state index is 12.9. The third-order valence-electron chi connectivity index (χ3n) is 3.66. The number of hydrogen-bond acceptors (Lipinski definition) is 3. The summed E-state index contributed by atoms with van der Waals surface area (Å²) in [5.74, 6) is 0. The van der Waals surface area contributed by atoms with Gasteiger partial charge in [0.2, 0.25) is 10.0 Å². The van der Waals surface area contributed by atoms with Crippen LogP contribution in [-0.2, 0) is 16.4 Å². The summed E-state index contributed by atoms with van der Waals surface area (Å²) in [5.41, 5.74) is 1.91. The Bertz CT molecular complexity index is 567. The number of fused-ring (bicyclic) bond motifs is 1. The van der Waals surface area contributed by atoms with E-state index in [-0.39, 0.29) is 6.04 Å². The van der Waals surface area contributed by atoms with Crippen LogP contribution in [0.15, 0.2) is 23.1 Å². The van der Waals surface area contributed by atoms with Gasteiger partial charge in [-0.15, -0.1) is 0 Å². The van der Waals surface area contributed by atoms with Crippen molar-refractivity contribution in [3.05, 3.63) is 23.8 Å². The fourth-order valence-electron chi connectivity index (χ4n) is 2.72. The summed E-state index contributed by atoms with van der Waals surface area (Å²) in [6.45, 7) is 7.35. The molecule has 0 unspecified atom stereocenters. The molecule has 0 bridgehead atoms. The molecule has 0 saturated carbocycles. The molecule has 2 rings (SSSR count). The SMILES string of the molecule is CCCN(C(C)C)S(=O)(=O)c1cccc2c1CCCN2. The summed E-state index contributed by atoms with van der Waals surface area (Å²) in [6, 6.07) is 5.51. The minimum absolute atomic E-state index is 0.0210. The van der Waals surface area contributed by atoms with Crippen LogP contribution < -0.4 is 5.32 Å². The number of anilines is 1. The molecular weight excluding hydrogens is 272 g/mol. The lowest BCUT2D eigenvalue weighted by Gasteiger charge is -2.28. The number of sulfonamides is 1. The summed E-state index contributed by atoms with van der Waals surface area (Å²) >= 11 is 0. The van der Waals surface area contributed by atoms with E-state index in [9.17, 15) is 8.42 Å². The van der Waals surface area contributed by atoms with Gasteiger partial charge in [0.25, 0.3) is 0 Å². The molecule has 0 fully saturated rings. The highest BCUT2D eigenvalue weighted by molar-refractivity contribution is 7.89. The summed E-state index contributed by atoms with van der Waals surface area (Å²) < 4.78 is 27.5. The van der Waals surface area contributed by atoms with Crippen molar-refractivity contribution in [1.82, 2.24) is 4.31 Å². The first-order valence-corrected chi connectivity index (χ1v) is 8.80. The zero-order chi connectivity index (χ0) is 14.8. The molecule has 1 N–H and O–H groups in total. The quantitative estimate of drug-likeness (QED) is 0.909. The van der Waals surface area contributed by atoms with E-state index < -0.39 is 10.0 Å². The smallest absolute Gasteiger partial charge is 0.243 e. The lowest BCUT2D eigenvalue weighted by Crippen LogP contribution is -2.38. The topological polar surface area (TPSA) is 49.4 Å². The van der Waals surface area contributed by atoms with Crippen molar-refractivity contribution in [2.24, 2.45) is 0 Å². The second-order valence-corrected chi connectivity index (χ2v) is 7.38. The molecule has 1 aliphatic heterocycles. The Kier molecular flexibility index (Phi) is 4.70. The average Bonchev–Trinajstić information content (AvgIpc) is 2.43. The predicted molar refractivity (Wildman–Crippen MR) is 82.6 cm³/mol. The zero-order valence-corrected chi connectivity index (χ0v) is 13.3. The molecule has 1 aromatic carbocycles. The lowest BCUT2D eigenvalue weighted by molar-refractivity contribution is 0.353. The van der Waals surface area contributed by atoms with Gasteiger partial charge in [-0.05, 0) is 50.8 Å². The molecule has 0 amide bonds. The molecule has 0 aromatic heterocycles. The number of nitrogens with one attached hydrogen (secondary N) is 1. The van der Waals surface area contributed by atoms with Crippen LogP contribution in [0.25, 0.3) is 0 Å². The Morgan fingerprint density at radius 3 is 2.75 bits per heavy atom. The molecule has 4 nitrogen and oxygen atoms in total. The van der Waals surface area contributed by atoms with Crippen molar-refractivity contribution < 1.29 is 8.42 Å². The first kappa shape index (κ1) is 15.3. The lowest BCUT2D eigenvalue weighted by atomic mass is 10.0. The maximum Gasteiger partial charge on any atom is 0.243 e. The highest BCUT2D eigenvalue weighted by atomic mass is 32.2. The molecule has 0 saturated heterocycles. The van der Waals surface area contributed by atoms with E-state index >= 15 is 0 Å². The Morgan fingerprint density at radius 2 is 2.10 bits per heavy atom. The molecule has 1 aromatic rings. The van der Waals surface area contributed by atoms with Gasteiger partial charge in [0, 0.05) is 24.8 Å². The number of nitrogens with zero attached hydrogens (tertiary/aromatic N) is 1. The molecule has 0 atom stereocenters. The van der Waals surface area contributed by atoms with Crippen LogP contribution in [0.2, 0.25) is 0 Å². The van der Waals surface area contributed by atoms with Crippen molar-refractivity contribution in [3.63, 3.8) is 0 Å². The monoisotopic (exact) mass is 296 g/mol. The Hall–Kier alpha value is -1.07. The minimum Gasteiger partial charge on any atom is -0.385 e. The van der Waals surface area contributed by atoms with Gasteiger partial charge in [0.05, 0.1) is 4.90 Å². The molecule has 1 heterocycles. The summed E-state index contributed by atoms with van der Waals surface area (Å²) in [5, 5.41) is 3.29. The minimum atomic E-state index is -3.41. The molecule has 1 aliphatic rings. The van der Waals surface area contributed by atoms with Crippen molar-refractivity contribution in [3.8, 4) is 0 Å². The van der Waals surface area contributed by atoms with Crippen LogP contribution in [0.1, 0.15) is 39.2 Å². The third kappa shape index (κ3) is 2.83. The normalized spacial score (nSPS) is 15.2. The van der Waals surface area contributed by atoms with Crippen molar-refractivity contribution in [1.29, 1.82) is 0 Å². The van der Waals surface area contributed by atoms with E-state index in [0.29, 0.717) is 11.4 Å². The van der Waals surface area contributed by atoms with E-state index in [0.717, 1.165) is 37.1 Å². The Morgan fingerprint density at radius 1 is 1.35 bits per heavy atom. The molecule has 0 spiro atoms. The van der Waals surface area contributed by atoms with E-state index in [1.807, 2.05) is 32.9 Å². The highest BCUT2D eigenvalue weighted by Crippen LogP contribution is 2.30. The maximum atomic E-state index is 12.9. The third-order valence-corrected chi connectivity index (χ3v) is 5.82. The molecule has 112 valence electrons. The van der Waals surface area contributed by atoms with Gasteiger partial charge in [-0.1, -0.05) is 13.0 Å². The van der Waals surface area contributed by atoms with Crippen LogP contribution >= 0.6 is 0 Å². The summed E-state index contributed by atoms with van der Waals surface area (Å²) in [4.78, 5) is 0.476. The molecule has 5 heteroatoms. The fraction of sp³-hybridized carbons (Fsp3) is 0.600. The van der Waals surface area contributed by atoms with Gasteiger partial charge in [0.1, 0.15) is 0 Å². The van der Waals surface area contributed by atoms with Crippen molar-refractivity contribution in [2.75, 3.05) is 18.4 Å². The van der Waals surface area contributed by atoms with Gasteiger partial charge < -0.3 is 5.32 Å². The predicted octanol–water partition coefficient (Wildman–Crippen LogP) is 2.85. The first-order chi connectivity index (χ1) is 9.48. The van der Waals surface area contributed by atoms with Gasteiger partial charge >= 0.3 is 0 Å². The average molecular weight is 296 g/mol. The van der Waals surface area contributed by atoms with Gasteiger partial charge in [-0.3, -0.25) is 0 Å². The van der Waals surface area contributed by atoms with Crippen LogP contribution in [0.5, 0.6) is 0 Å². The van der Waals surface area contributed by atoms with Crippen LogP contribution in [0.4, 0.5) is 5.69 Å². The first-order valence-electron chi connectivity index (χ1n) is 7.36. The highest BCUT2D eigenvalue weighted by Gasteiger charge is 2.29. The second-order valence-electron chi connectivity index (χ2n) is 5.52. The molecular formula is C15H24N2O2S. The number of hydrogen-bond donors (Lipinski definition) is 1. The number of benzene rings is 1. The van der Waals surface area contributed by atoms with Crippen LogP contribution in [0.3, 0.4) is 0 Å². The van der Waals surface area contributed by atoms with Gasteiger partial charge in [-0.25, -0.2) is 8.42 Å². The van der Waals surface area contributed by atoms with E-state index in [1.165, 1.54) is 0 Å². The van der Waals surface area contributed by atoms with E-state index in [4.69, 9.17) is 0 Å². The van der Waals surface area contributed by atoms with Crippen LogP contribution in [-0.4, -0.2) is 31.9 Å². The van der Waals surface area contributed by atoms with Crippen LogP contribution in [0, 0.1) is 0 Å². The Balaban J connectivity index is 2.48. The molecule has 0 aliphatic carbocycles. The Labute approximate surface area is 122 Å². The number of rotatable bonds is 5. The van der Waals surface area contributed by atoms with Crippen molar-refractivity contribution >= 4 is 15.7 Å². The largest absolute Gasteiger partial charge is 0.385 e. The van der Waals surface area contributed by atoms with Gasteiger partial charge in [0.15, 0.2) is 0 Å². The fourth-order valence-corrected chi connectivity index (χ4v) is 4.73. The summed E-state index contributed by atoms with van der Waals surface area (Å²) in [7, 11) is -3.41. The van der Waals surface area contributed by atoms with Gasteiger partial charge in [-0.2, -0.15) is 4.31 Å². The summed E-state index contributed by atoms with van der Waals surface area (Å²) in [6.07, 6.45) is 2.63. The zero-order valence-electron chi connectivity index (χ0n) is 12.5.